The molecule has 0 spiro atoms. The molecular formula is C23H25F3N2O5S. The minimum Gasteiger partial charge on any atom is -0.480 e. The van der Waals surface area contributed by atoms with Gasteiger partial charge < -0.3 is 15.2 Å². The molecule has 184 valence electrons. The number of hydrogen-bond acceptors (Lipinski definition) is 6. The normalized spacial score (nSPS) is 18.6. The van der Waals surface area contributed by atoms with E-state index >= 15 is 0 Å². The van der Waals surface area contributed by atoms with E-state index in [0.717, 1.165) is 17.0 Å². The maximum absolute atomic E-state index is 13.1. The van der Waals surface area contributed by atoms with Crippen LogP contribution in [0.3, 0.4) is 0 Å². The van der Waals surface area contributed by atoms with Crippen molar-refractivity contribution in [3.8, 4) is 5.75 Å². The average Bonchev–Trinajstić information content (AvgIpc) is 3.36. The number of carbonyl (C=O) groups is 3. The smallest absolute Gasteiger partial charge is 0.480 e. The second kappa shape index (κ2) is 10.6. The van der Waals surface area contributed by atoms with Crippen LogP contribution in [-0.4, -0.2) is 52.7 Å². The molecule has 2 N–H and O–H groups in total. The Bertz CT molecular complexity index is 1050. The summed E-state index contributed by atoms with van der Waals surface area (Å²) in [6.07, 6.45) is -2.34. The Balaban J connectivity index is 1.77. The van der Waals surface area contributed by atoms with Gasteiger partial charge in [-0.25, -0.2) is 0 Å². The van der Waals surface area contributed by atoms with Crippen LogP contribution < -0.4 is 10.1 Å². The lowest BCUT2D eigenvalue weighted by molar-refractivity contribution is -0.274. The fourth-order valence-electron chi connectivity index (χ4n) is 4.05. The summed E-state index contributed by atoms with van der Waals surface area (Å²) in [7, 11) is 0. The summed E-state index contributed by atoms with van der Waals surface area (Å²) in [6.45, 7) is 3.71. The predicted molar refractivity (Wildman–Crippen MR) is 120 cm³/mol. The van der Waals surface area contributed by atoms with Gasteiger partial charge in [-0.05, 0) is 56.0 Å². The van der Waals surface area contributed by atoms with Crippen LogP contribution in [-0.2, 0) is 16.0 Å². The predicted octanol–water partition coefficient (Wildman–Crippen LogP) is 4.71. The van der Waals surface area contributed by atoms with E-state index in [1.54, 1.807) is 11.0 Å². The lowest BCUT2D eigenvalue weighted by Gasteiger charge is -2.26. The van der Waals surface area contributed by atoms with Crippen molar-refractivity contribution in [2.24, 2.45) is 0 Å². The number of ether oxygens (including phenoxy) is 1. The number of nitrogens with one attached hydrogen (secondary N) is 1. The van der Waals surface area contributed by atoms with E-state index in [2.05, 4.69) is 10.1 Å². The Kier molecular flexibility index (Phi) is 7.98. The van der Waals surface area contributed by atoms with Crippen LogP contribution in [0.4, 0.5) is 18.2 Å². The fourth-order valence-corrected chi connectivity index (χ4v) is 5.06. The summed E-state index contributed by atoms with van der Waals surface area (Å²) < 4.78 is 41.0. The van der Waals surface area contributed by atoms with Crippen molar-refractivity contribution < 1.29 is 37.4 Å². The fraction of sp³-hybridized carbons (Fsp3) is 0.435. The Morgan fingerprint density at radius 3 is 2.41 bits per heavy atom. The van der Waals surface area contributed by atoms with Crippen molar-refractivity contribution in [2.75, 3.05) is 11.9 Å². The molecule has 0 radical (unpaired) electrons. The Morgan fingerprint density at radius 2 is 1.85 bits per heavy atom. The van der Waals surface area contributed by atoms with E-state index in [0.29, 0.717) is 30.7 Å². The monoisotopic (exact) mass is 498 g/mol. The van der Waals surface area contributed by atoms with Gasteiger partial charge in [0.1, 0.15) is 16.8 Å². The number of thiophene rings is 1. The minimum absolute atomic E-state index is 0.0140. The molecule has 0 unspecified atom stereocenters. The molecule has 7 nitrogen and oxygen atoms in total. The Morgan fingerprint density at radius 1 is 1.18 bits per heavy atom. The number of benzene rings is 1. The number of likely N-dealkylation sites (tertiary alicyclic amines) is 1. The quantitative estimate of drug-likeness (QED) is 0.487. The number of aryl methyl sites for hydroxylation is 1. The molecule has 1 aromatic carbocycles. The highest BCUT2D eigenvalue weighted by molar-refractivity contribution is 7.16. The van der Waals surface area contributed by atoms with Crippen molar-refractivity contribution in [3.05, 3.63) is 46.3 Å². The third-order valence-corrected chi connectivity index (χ3v) is 6.90. The summed E-state index contributed by atoms with van der Waals surface area (Å²) in [5.74, 6) is -2.30. The molecule has 3 rings (SSSR count). The number of hydrogen-bond donors (Lipinski definition) is 2. The maximum Gasteiger partial charge on any atom is 0.573 e. The van der Waals surface area contributed by atoms with Gasteiger partial charge in [0.2, 0.25) is 5.91 Å². The second-order valence-corrected chi connectivity index (χ2v) is 9.06. The number of nitrogens with zero attached hydrogens (tertiary/aromatic N) is 1. The first-order valence-electron chi connectivity index (χ1n) is 10.8. The van der Waals surface area contributed by atoms with E-state index in [9.17, 15) is 32.7 Å². The first-order chi connectivity index (χ1) is 16.0. The number of aliphatic carboxylic acids is 1. The molecular weight excluding hydrogens is 473 g/mol. The standard InChI is InChI=1S/C23H25F3N2O5S/c1-3-14-7-10-18(22(31)32)28(14)12-19(29)27-21-17(11-16(4-2)34-21)20(30)13-5-8-15(9-6-13)33-23(24,25)26/h5-6,8-9,11,14,18H,3-4,7,10,12H2,1-2H3,(H,27,29)(H,31,32)/t14-,18+/m0/s1. The van der Waals surface area contributed by atoms with Gasteiger partial charge in [-0.1, -0.05) is 13.8 Å². The molecule has 0 aliphatic carbocycles. The van der Waals surface area contributed by atoms with Crippen LogP contribution >= 0.6 is 11.3 Å². The first-order valence-corrected chi connectivity index (χ1v) is 11.7. The first kappa shape index (κ1) is 25.7. The molecule has 1 saturated heterocycles. The summed E-state index contributed by atoms with van der Waals surface area (Å²) in [6, 6.07) is 5.46. The van der Waals surface area contributed by atoms with Crippen LogP contribution in [0, 0.1) is 0 Å². The molecule has 2 heterocycles. The number of halogens is 3. The average molecular weight is 499 g/mol. The summed E-state index contributed by atoms with van der Waals surface area (Å²) in [5, 5.41) is 12.5. The molecule has 2 aromatic rings. The molecule has 2 atom stereocenters. The van der Waals surface area contributed by atoms with Gasteiger partial charge in [0.25, 0.3) is 0 Å². The van der Waals surface area contributed by atoms with Crippen molar-refractivity contribution in [1.82, 2.24) is 4.90 Å². The van der Waals surface area contributed by atoms with Crippen LogP contribution in [0.2, 0.25) is 0 Å². The Labute approximate surface area is 198 Å². The minimum atomic E-state index is -4.84. The highest BCUT2D eigenvalue weighted by Crippen LogP contribution is 2.32. The number of rotatable bonds is 9. The number of anilines is 1. The van der Waals surface area contributed by atoms with Crippen molar-refractivity contribution in [3.63, 3.8) is 0 Å². The zero-order valence-corrected chi connectivity index (χ0v) is 19.5. The molecule has 1 aliphatic heterocycles. The van der Waals surface area contributed by atoms with E-state index in [4.69, 9.17) is 0 Å². The van der Waals surface area contributed by atoms with Gasteiger partial charge in [0.05, 0.1) is 12.1 Å². The molecule has 1 aromatic heterocycles. The van der Waals surface area contributed by atoms with Crippen LogP contribution in [0.5, 0.6) is 5.75 Å². The van der Waals surface area contributed by atoms with Crippen molar-refractivity contribution in [1.29, 1.82) is 0 Å². The second-order valence-electron chi connectivity index (χ2n) is 7.92. The molecule has 1 amide bonds. The van der Waals surface area contributed by atoms with Crippen molar-refractivity contribution >= 4 is 34.0 Å². The largest absolute Gasteiger partial charge is 0.573 e. The lowest BCUT2D eigenvalue weighted by Crippen LogP contribution is -2.44. The van der Waals surface area contributed by atoms with Gasteiger partial charge in [-0.2, -0.15) is 0 Å². The van der Waals surface area contributed by atoms with E-state index in [1.807, 2.05) is 13.8 Å². The number of carboxylic acids is 1. The number of carboxylic acid groups (broad SMARTS) is 1. The van der Waals surface area contributed by atoms with Gasteiger partial charge in [-0.3, -0.25) is 19.3 Å². The van der Waals surface area contributed by atoms with Gasteiger partial charge >= 0.3 is 12.3 Å². The van der Waals surface area contributed by atoms with Crippen LogP contribution in [0.1, 0.15) is 53.9 Å². The highest BCUT2D eigenvalue weighted by Gasteiger charge is 2.38. The lowest BCUT2D eigenvalue weighted by atomic mass is 10.0. The van der Waals surface area contributed by atoms with Gasteiger partial charge in [-0.15, -0.1) is 24.5 Å². The van der Waals surface area contributed by atoms with Gasteiger partial charge in [0, 0.05) is 16.5 Å². The number of amides is 1. The molecule has 11 heteroatoms. The summed E-state index contributed by atoms with van der Waals surface area (Å²) in [5.41, 5.74) is 0.366. The van der Waals surface area contributed by atoms with Crippen molar-refractivity contribution in [2.45, 2.75) is 58.0 Å². The van der Waals surface area contributed by atoms with E-state index < -0.39 is 35.8 Å². The molecule has 0 saturated carbocycles. The number of alkyl halides is 3. The van der Waals surface area contributed by atoms with Crippen LogP contribution in [0.25, 0.3) is 0 Å². The zero-order chi connectivity index (χ0) is 25.0. The summed E-state index contributed by atoms with van der Waals surface area (Å²) >= 11 is 1.23. The van der Waals surface area contributed by atoms with E-state index in [1.165, 1.54) is 23.5 Å². The topological polar surface area (TPSA) is 95.9 Å². The maximum atomic E-state index is 13.1. The third kappa shape index (κ3) is 6.15. The number of ketones is 1. The SMILES string of the molecule is CCc1cc(C(=O)c2ccc(OC(F)(F)F)cc2)c(NC(=O)CN2[C@@H](CC)CC[C@@H]2C(=O)O)s1. The Hall–Kier alpha value is -2.92. The zero-order valence-electron chi connectivity index (χ0n) is 18.6. The van der Waals surface area contributed by atoms with Crippen LogP contribution in [0.15, 0.2) is 30.3 Å². The number of carbonyl (C=O) groups excluding carboxylic acids is 2. The molecule has 0 bridgehead atoms. The summed E-state index contributed by atoms with van der Waals surface area (Å²) in [4.78, 5) is 40.0. The van der Waals surface area contributed by atoms with E-state index in [-0.39, 0.29) is 23.7 Å². The molecule has 34 heavy (non-hydrogen) atoms. The molecule has 1 fully saturated rings. The van der Waals surface area contributed by atoms with Gasteiger partial charge in [0.15, 0.2) is 5.78 Å². The third-order valence-electron chi connectivity index (χ3n) is 5.70. The molecule has 1 aliphatic rings. The highest BCUT2D eigenvalue weighted by atomic mass is 32.1.